The van der Waals surface area contributed by atoms with E-state index in [1.165, 1.54) is 19.2 Å². The molecule has 3 N–H and O–H groups in total. The monoisotopic (exact) mass is 375 g/mol. The molecule has 3 heterocycles. The summed E-state index contributed by atoms with van der Waals surface area (Å²) in [6.45, 7) is 5.74. The molecule has 1 saturated heterocycles. The molecule has 3 rings (SSSR count). The summed E-state index contributed by atoms with van der Waals surface area (Å²) in [5.41, 5.74) is 6.02. The standard InChI is InChI=1S/C18H22FN5O3/c1-3-11-4-5-27-10-12(11)8-24-9-14(17(20)25)18(23-24)21-13-6-15(19)22-16(7-13)26-2/h3,6-7,9,11-12H,1,4-5,8,10H2,2H3,(H2,20,25)(H,21,22,23)/t11-,12-/m0/s1. The Morgan fingerprint density at radius 1 is 1.59 bits per heavy atom. The van der Waals surface area contributed by atoms with Gasteiger partial charge in [0.15, 0.2) is 5.82 Å². The van der Waals surface area contributed by atoms with Crippen LogP contribution in [0, 0.1) is 17.8 Å². The maximum Gasteiger partial charge on any atom is 0.254 e. The Bertz CT molecular complexity index is 838. The van der Waals surface area contributed by atoms with E-state index in [1.54, 1.807) is 10.9 Å². The number of hydrogen-bond acceptors (Lipinski definition) is 6. The molecule has 0 saturated carbocycles. The van der Waals surface area contributed by atoms with Crippen LogP contribution < -0.4 is 15.8 Å². The van der Waals surface area contributed by atoms with Crippen LogP contribution in [0.5, 0.6) is 5.88 Å². The summed E-state index contributed by atoms with van der Waals surface area (Å²) in [5, 5.41) is 7.31. The number of ether oxygens (including phenoxy) is 2. The van der Waals surface area contributed by atoms with Crippen LogP contribution in [0.1, 0.15) is 16.8 Å². The number of methoxy groups -OCH3 is 1. The van der Waals surface area contributed by atoms with Crippen LogP contribution in [0.3, 0.4) is 0 Å². The van der Waals surface area contributed by atoms with Gasteiger partial charge in [-0.15, -0.1) is 6.58 Å². The minimum absolute atomic E-state index is 0.103. The van der Waals surface area contributed by atoms with E-state index >= 15 is 0 Å². The molecular formula is C18H22FN5O3. The number of rotatable bonds is 7. The summed E-state index contributed by atoms with van der Waals surface area (Å²) in [6, 6.07) is 2.67. The normalized spacial score (nSPS) is 19.5. The van der Waals surface area contributed by atoms with Gasteiger partial charge in [0.2, 0.25) is 11.8 Å². The second-order valence-corrected chi connectivity index (χ2v) is 6.35. The van der Waals surface area contributed by atoms with Crippen molar-refractivity contribution in [1.29, 1.82) is 0 Å². The Hall–Kier alpha value is -2.94. The number of nitrogens with one attached hydrogen (secondary N) is 1. The Morgan fingerprint density at radius 2 is 2.41 bits per heavy atom. The van der Waals surface area contributed by atoms with Crippen molar-refractivity contribution in [3.8, 4) is 5.88 Å². The first-order chi connectivity index (χ1) is 13.0. The van der Waals surface area contributed by atoms with E-state index in [1.807, 2.05) is 6.08 Å². The average molecular weight is 375 g/mol. The molecule has 2 atom stereocenters. The Balaban J connectivity index is 1.84. The second-order valence-electron chi connectivity index (χ2n) is 6.35. The van der Waals surface area contributed by atoms with E-state index in [9.17, 15) is 9.18 Å². The third kappa shape index (κ3) is 4.43. The second kappa shape index (κ2) is 8.17. The fourth-order valence-corrected chi connectivity index (χ4v) is 3.13. The highest BCUT2D eigenvalue weighted by atomic mass is 19.1. The van der Waals surface area contributed by atoms with Crippen LogP contribution in [0.2, 0.25) is 0 Å². The highest BCUT2D eigenvalue weighted by Gasteiger charge is 2.25. The molecule has 144 valence electrons. The number of nitrogens with two attached hydrogens (primary N) is 1. The predicted octanol–water partition coefficient (Wildman–Crippen LogP) is 2.11. The largest absolute Gasteiger partial charge is 0.481 e. The zero-order valence-corrected chi connectivity index (χ0v) is 15.0. The fourth-order valence-electron chi connectivity index (χ4n) is 3.13. The Labute approximate surface area is 156 Å². The molecule has 1 amide bonds. The molecule has 0 bridgehead atoms. The van der Waals surface area contributed by atoms with Gasteiger partial charge < -0.3 is 20.5 Å². The number of hydrogen-bond donors (Lipinski definition) is 2. The number of carbonyl (C=O) groups excluding carboxylic acids is 1. The van der Waals surface area contributed by atoms with Gasteiger partial charge in [0.05, 0.1) is 13.7 Å². The minimum Gasteiger partial charge on any atom is -0.481 e. The maximum absolute atomic E-state index is 13.6. The van der Waals surface area contributed by atoms with Crippen LogP contribution >= 0.6 is 0 Å². The van der Waals surface area contributed by atoms with E-state index in [0.717, 1.165) is 6.42 Å². The summed E-state index contributed by atoms with van der Waals surface area (Å²) in [6.07, 6.45) is 4.41. The number of pyridine rings is 1. The smallest absolute Gasteiger partial charge is 0.254 e. The van der Waals surface area contributed by atoms with Crippen LogP contribution in [0.4, 0.5) is 15.9 Å². The zero-order chi connectivity index (χ0) is 19.4. The highest BCUT2D eigenvalue weighted by Crippen LogP contribution is 2.26. The van der Waals surface area contributed by atoms with E-state index in [2.05, 4.69) is 22.0 Å². The Morgan fingerprint density at radius 3 is 3.11 bits per heavy atom. The van der Waals surface area contributed by atoms with Crippen LogP contribution in [-0.4, -0.2) is 41.0 Å². The van der Waals surface area contributed by atoms with Crippen molar-refractivity contribution >= 4 is 17.4 Å². The number of aromatic nitrogens is 3. The molecule has 2 aromatic heterocycles. The lowest BCUT2D eigenvalue weighted by molar-refractivity contribution is 0.0232. The number of allylic oxidation sites excluding steroid dienone is 1. The van der Waals surface area contributed by atoms with Gasteiger partial charge in [0.25, 0.3) is 5.91 Å². The van der Waals surface area contributed by atoms with Gasteiger partial charge in [0.1, 0.15) is 5.56 Å². The summed E-state index contributed by atoms with van der Waals surface area (Å²) in [5.74, 6) is -0.499. The lowest BCUT2D eigenvalue weighted by Gasteiger charge is -2.29. The molecule has 27 heavy (non-hydrogen) atoms. The zero-order valence-electron chi connectivity index (χ0n) is 15.0. The summed E-state index contributed by atoms with van der Waals surface area (Å²) in [7, 11) is 1.39. The average Bonchev–Trinajstić information content (AvgIpc) is 3.04. The van der Waals surface area contributed by atoms with E-state index in [-0.39, 0.29) is 23.2 Å². The SMILES string of the molecule is C=C[C@H]1CCOC[C@@H]1Cn1cc(C(N)=O)c(Nc2cc(F)nc(OC)c2)n1. The van der Waals surface area contributed by atoms with Crippen molar-refractivity contribution in [2.24, 2.45) is 17.6 Å². The fraction of sp³-hybridized carbons (Fsp3) is 0.389. The lowest BCUT2D eigenvalue weighted by Crippen LogP contribution is -2.30. The number of anilines is 2. The van der Waals surface area contributed by atoms with Crippen molar-refractivity contribution in [3.63, 3.8) is 0 Å². The first-order valence-electron chi connectivity index (χ1n) is 8.56. The van der Waals surface area contributed by atoms with Crippen molar-refractivity contribution in [2.45, 2.75) is 13.0 Å². The third-order valence-corrected chi connectivity index (χ3v) is 4.53. The number of primary amides is 1. The minimum atomic E-state index is -0.718. The van der Waals surface area contributed by atoms with E-state index in [4.69, 9.17) is 15.2 Å². The molecule has 1 aliphatic rings. The summed E-state index contributed by atoms with van der Waals surface area (Å²) >= 11 is 0. The van der Waals surface area contributed by atoms with Crippen molar-refractivity contribution in [3.05, 3.63) is 42.5 Å². The van der Waals surface area contributed by atoms with E-state index < -0.39 is 11.9 Å². The van der Waals surface area contributed by atoms with Crippen LogP contribution in [-0.2, 0) is 11.3 Å². The van der Waals surface area contributed by atoms with Crippen LogP contribution in [0.25, 0.3) is 0 Å². The molecule has 0 aromatic carbocycles. The van der Waals surface area contributed by atoms with Gasteiger partial charge in [-0.25, -0.2) is 0 Å². The maximum atomic E-state index is 13.6. The molecule has 8 nitrogen and oxygen atoms in total. The van der Waals surface area contributed by atoms with Crippen molar-refractivity contribution < 1.29 is 18.7 Å². The molecule has 0 unspecified atom stereocenters. The van der Waals surface area contributed by atoms with Crippen molar-refractivity contribution in [2.75, 3.05) is 25.6 Å². The van der Waals surface area contributed by atoms with Gasteiger partial charge in [0, 0.05) is 43.1 Å². The van der Waals surface area contributed by atoms with Gasteiger partial charge in [-0.05, 0) is 12.3 Å². The third-order valence-electron chi connectivity index (χ3n) is 4.53. The first-order valence-corrected chi connectivity index (χ1v) is 8.56. The molecule has 1 aliphatic heterocycles. The van der Waals surface area contributed by atoms with Crippen molar-refractivity contribution in [1.82, 2.24) is 14.8 Å². The van der Waals surface area contributed by atoms with E-state index in [0.29, 0.717) is 31.4 Å². The van der Waals surface area contributed by atoms with Gasteiger partial charge >= 0.3 is 0 Å². The molecule has 0 aliphatic carbocycles. The molecule has 9 heteroatoms. The van der Waals surface area contributed by atoms with Gasteiger partial charge in [-0.3, -0.25) is 9.48 Å². The number of amides is 1. The molecule has 0 radical (unpaired) electrons. The van der Waals surface area contributed by atoms with Gasteiger partial charge in [-0.1, -0.05) is 6.08 Å². The molecule has 1 fully saturated rings. The highest BCUT2D eigenvalue weighted by molar-refractivity contribution is 5.98. The number of nitrogens with zero attached hydrogens (tertiary/aromatic N) is 3. The van der Waals surface area contributed by atoms with Gasteiger partial charge in [-0.2, -0.15) is 14.5 Å². The number of carbonyl (C=O) groups is 1. The molecular weight excluding hydrogens is 353 g/mol. The molecule has 2 aromatic rings. The summed E-state index contributed by atoms with van der Waals surface area (Å²) in [4.78, 5) is 15.4. The number of halogens is 1. The predicted molar refractivity (Wildman–Crippen MR) is 97.4 cm³/mol. The summed E-state index contributed by atoms with van der Waals surface area (Å²) < 4.78 is 25.7. The quantitative estimate of drug-likeness (QED) is 0.567. The lowest BCUT2D eigenvalue weighted by atomic mass is 9.88. The Kier molecular flexibility index (Phi) is 5.70. The topological polar surface area (TPSA) is 104 Å². The first kappa shape index (κ1) is 18.8. The van der Waals surface area contributed by atoms with Crippen LogP contribution in [0.15, 0.2) is 31.0 Å². The molecule has 0 spiro atoms.